The van der Waals surface area contributed by atoms with Crippen LogP contribution in [0.3, 0.4) is 0 Å². The van der Waals surface area contributed by atoms with E-state index in [1.54, 1.807) is 0 Å². The van der Waals surface area contributed by atoms with Gasteiger partial charge < -0.3 is 71.4 Å². The van der Waals surface area contributed by atoms with E-state index in [4.69, 9.17) is 66.3 Å². The standard InChI is InChI=1S/C67H78O15/c1-45-35-75-65(61(74-40-53-31-19-9-20-32-53)56(45)80-67-44-71-43-66(67,42-70-37-50-25-13-6-14-26-50)81-64(82-67)54-33-21-10-22-34-54)79-59-48(4)76-62(68)46(2)58(59)78-63-47(3)57(72-38-51-27-15-7-16-28-51)60(73-39-52-29-17-8-18-30-52)55(77-63)41-69-36-49-23-11-5-12-24-49/h5-34,45-48,55-65,68H,35-44H2,1-4H3/t45-,46+,47-,48?,55?,56?,57?,58?,59+,60-,61-,62?,63+,64-,65+,66?,67-/m1/s1. The number of rotatable bonds is 24. The third kappa shape index (κ3) is 13.8. The molecule has 0 bridgehead atoms. The van der Waals surface area contributed by atoms with E-state index in [0.717, 1.165) is 33.4 Å². The summed E-state index contributed by atoms with van der Waals surface area (Å²) in [6.45, 7) is 10.2. The summed E-state index contributed by atoms with van der Waals surface area (Å²) in [5.74, 6) is -2.69. The van der Waals surface area contributed by atoms with Crippen molar-refractivity contribution in [1.29, 1.82) is 0 Å². The van der Waals surface area contributed by atoms with Crippen LogP contribution >= 0.6 is 0 Å². The molecule has 5 aliphatic rings. The SMILES string of the molecule is CC1OC(O)[C@@H](C)C(O[C@@H]2OC(COCc3ccccc3)[C@@H](OCc3ccccc3)C(OCc3ccccc3)[C@H]2C)[C@H]1O[C@@H]1OC[C@@H](C)C(O[C@@]23COCC2(COCc2ccccc2)O[C@@H](c2ccccc2)O3)[C@H]1OCc1ccccc1. The van der Waals surface area contributed by atoms with Gasteiger partial charge in [-0.15, -0.1) is 0 Å². The van der Waals surface area contributed by atoms with E-state index in [1.165, 1.54) is 0 Å². The Kier molecular flexibility index (Phi) is 19.7. The molecular formula is C67H78O15. The second kappa shape index (κ2) is 27.6. The molecule has 0 aromatic heterocycles. The average Bonchev–Trinajstić information content (AvgIpc) is 4.20. The Morgan fingerprint density at radius 2 is 0.976 bits per heavy atom. The first-order valence-corrected chi connectivity index (χ1v) is 28.9. The minimum atomic E-state index is -1.44. The van der Waals surface area contributed by atoms with Gasteiger partial charge in [0.2, 0.25) is 5.79 Å². The van der Waals surface area contributed by atoms with E-state index >= 15 is 0 Å². The summed E-state index contributed by atoms with van der Waals surface area (Å²) in [4.78, 5) is 0. The predicted molar refractivity (Wildman–Crippen MR) is 302 cm³/mol. The van der Waals surface area contributed by atoms with Crippen LogP contribution in [0, 0.1) is 17.8 Å². The lowest BCUT2D eigenvalue weighted by Crippen LogP contribution is -2.64. The zero-order chi connectivity index (χ0) is 56.3. The summed E-state index contributed by atoms with van der Waals surface area (Å²) < 4.78 is 96.2. The summed E-state index contributed by atoms with van der Waals surface area (Å²) in [5, 5.41) is 11.6. The topological polar surface area (TPSA) is 149 Å². The zero-order valence-electron chi connectivity index (χ0n) is 47.2. The van der Waals surface area contributed by atoms with Crippen LogP contribution in [0.15, 0.2) is 182 Å². The van der Waals surface area contributed by atoms with Crippen LogP contribution in [0.25, 0.3) is 0 Å². The van der Waals surface area contributed by atoms with Gasteiger partial charge in [-0.3, -0.25) is 0 Å². The molecule has 0 radical (unpaired) electrons. The summed E-state index contributed by atoms with van der Waals surface area (Å²) >= 11 is 0. The molecule has 5 fully saturated rings. The molecule has 0 saturated carbocycles. The van der Waals surface area contributed by atoms with Gasteiger partial charge in [0.15, 0.2) is 30.8 Å². The largest absolute Gasteiger partial charge is 0.374 e. The Balaban J connectivity index is 0.887. The van der Waals surface area contributed by atoms with Crippen LogP contribution < -0.4 is 0 Å². The zero-order valence-corrected chi connectivity index (χ0v) is 47.2. The van der Waals surface area contributed by atoms with Crippen molar-refractivity contribution in [2.75, 3.05) is 33.0 Å². The molecule has 5 aliphatic heterocycles. The maximum atomic E-state index is 11.6. The van der Waals surface area contributed by atoms with Gasteiger partial charge in [-0.1, -0.05) is 203 Å². The van der Waals surface area contributed by atoms with Gasteiger partial charge in [-0.05, 0) is 34.7 Å². The van der Waals surface area contributed by atoms with Crippen molar-refractivity contribution in [2.24, 2.45) is 17.8 Å². The maximum absolute atomic E-state index is 11.6. The first-order chi connectivity index (χ1) is 40.1. The molecule has 6 aromatic rings. The van der Waals surface area contributed by atoms with E-state index in [1.807, 2.05) is 196 Å². The molecule has 17 atom stereocenters. The summed E-state index contributed by atoms with van der Waals surface area (Å²) in [6.07, 6.45) is -9.51. The first-order valence-electron chi connectivity index (χ1n) is 28.9. The number of aliphatic hydroxyl groups is 1. The van der Waals surface area contributed by atoms with E-state index in [0.29, 0.717) is 26.4 Å². The van der Waals surface area contributed by atoms with Crippen LogP contribution in [0.2, 0.25) is 0 Å². The van der Waals surface area contributed by atoms with E-state index < -0.39 is 97.2 Å². The molecule has 5 saturated heterocycles. The molecule has 11 rings (SSSR count). The van der Waals surface area contributed by atoms with Gasteiger partial charge >= 0.3 is 0 Å². The van der Waals surface area contributed by atoms with Crippen LogP contribution in [-0.2, 0) is 99.4 Å². The van der Waals surface area contributed by atoms with Crippen molar-refractivity contribution < 1.29 is 71.4 Å². The lowest BCUT2D eigenvalue weighted by Gasteiger charge is -2.50. The second-order valence-electron chi connectivity index (χ2n) is 22.4. The van der Waals surface area contributed by atoms with E-state index in [9.17, 15) is 5.11 Å². The highest BCUT2D eigenvalue weighted by Crippen LogP contribution is 2.52. The Morgan fingerprint density at radius 3 is 1.55 bits per heavy atom. The molecular weight excluding hydrogens is 1040 g/mol. The van der Waals surface area contributed by atoms with Crippen LogP contribution in [0.1, 0.15) is 67.4 Å². The van der Waals surface area contributed by atoms with Crippen molar-refractivity contribution in [3.63, 3.8) is 0 Å². The average molecular weight is 1120 g/mol. The highest BCUT2D eigenvalue weighted by atomic mass is 16.9. The van der Waals surface area contributed by atoms with Crippen LogP contribution in [-0.4, -0.2) is 117 Å². The molecule has 1 N–H and O–H groups in total. The smallest absolute Gasteiger partial charge is 0.229 e. The molecule has 5 heterocycles. The third-order valence-electron chi connectivity index (χ3n) is 16.4. The van der Waals surface area contributed by atoms with Crippen molar-refractivity contribution in [3.8, 4) is 0 Å². The number of hydrogen-bond donors (Lipinski definition) is 1. The maximum Gasteiger partial charge on any atom is 0.229 e. The molecule has 7 unspecified atom stereocenters. The minimum Gasteiger partial charge on any atom is -0.374 e. The summed E-state index contributed by atoms with van der Waals surface area (Å²) in [5.41, 5.74) is 4.68. The molecule has 0 amide bonds. The van der Waals surface area contributed by atoms with Gasteiger partial charge in [-0.25, -0.2) is 0 Å². The molecule has 436 valence electrons. The Bertz CT molecular complexity index is 2820. The lowest BCUT2D eigenvalue weighted by molar-refractivity contribution is -0.377. The van der Waals surface area contributed by atoms with Gasteiger partial charge in [0.05, 0.1) is 83.9 Å². The van der Waals surface area contributed by atoms with Gasteiger partial charge in [0, 0.05) is 23.3 Å². The van der Waals surface area contributed by atoms with Gasteiger partial charge in [0.25, 0.3) is 0 Å². The van der Waals surface area contributed by atoms with Gasteiger partial charge in [-0.2, -0.15) is 0 Å². The third-order valence-corrected chi connectivity index (χ3v) is 16.4. The van der Waals surface area contributed by atoms with Gasteiger partial charge in [0.1, 0.15) is 31.0 Å². The molecule has 0 aliphatic carbocycles. The number of fused-ring (bicyclic) bond motifs is 1. The van der Waals surface area contributed by atoms with Crippen LogP contribution in [0.5, 0.6) is 0 Å². The Hall–Kier alpha value is -5.28. The normalized spacial score (nSPS) is 33.7. The van der Waals surface area contributed by atoms with Crippen molar-refractivity contribution in [1.82, 2.24) is 0 Å². The van der Waals surface area contributed by atoms with Crippen molar-refractivity contribution in [3.05, 3.63) is 215 Å². The highest BCUT2D eigenvalue weighted by molar-refractivity contribution is 5.21. The molecule has 15 heteroatoms. The fourth-order valence-corrected chi connectivity index (χ4v) is 11.7. The Morgan fingerprint density at radius 1 is 0.476 bits per heavy atom. The number of ether oxygens (including phenoxy) is 14. The molecule has 15 nitrogen and oxygen atoms in total. The lowest BCUT2D eigenvalue weighted by atomic mass is 9.89. The minimum absolute atomic E-state index is 0.0664. The first kappa shape index (κ1) is 58.5. The van der Waals surface area contributed by atoms with E-state index in [2.05, 4.69) is 13.8 Å². The molecule has 0 spiro atoms. The van der Waals surface area contributed by atoms with Crippen LogP contribution in [0.4, 0.5) is 0 Å². The Labute approximate surface area is 481 Å². The highest BCUT2D eigenvalue weighted by Gasteiger charge is 2.69. The van der Waals surface area contributed by atoms with Crippen molar-refractivity contribution in [2.45, 2.75) is 146 Å². The quantitative estimate of drug-likeness (QED) is 0.0612. The fourth-order valence-electron chi connectivity index (χ4n) is 11.7. The summed E-state index contributed by atoms with van der Waals surface area (Å²) in [6, 6.07) is 60.0. The van der Waals surface area contributed by atoms with E-state index in [-0.39, 0.29) is 45.6 Å². The summed E-state index contributed by atoms with van der Waals surface area (Å²) in [7, 11) is 0. The second-order valence-corrected chi connectivity index (χ2v) is 22.4. The molecule has 6 aromatic carbocycles. The number of hydrogen-bond acceptors (Lipinski definition) is 15. The predicted octanol–water partition coefficient (Wildman–Crippen LogP) is 10.3. The number of benzene rings is 6. The number of aliphatic hydroxyl groups excluding tert-OH is 1. The monoisotopic (exact) mass is 1120 g/mol. The molecule has 82 heavy (non-hydrogen) atoms. The fraction of sp³-hybridized carbons (Fsp3) is 0.463. The van der Waals surface area contributed by atoms with Crippen molar-refractivity contribution >= 4 is 0 Å².